The minimum absolute atomic E-state index is 0. The number of aliphatic hydroxyl groups is 3. The monoisotopic (exact) mass is 1750 g/mol. The smallest absolute Gasteiger partial charge is 0.329 e. The van der Waals surface area contributed by atoms with Gasteiger partial charge in [-0.15, -0.1) is 24.8 Å². The summed E-state index contributed by atoms with van der Waals surface area (Å²) in [7, 11) is 4.62. The normalized spacial score (nSPS) is 14.0. The maximum absolute atomic E-state index is 14.4. The summed E-state index contributed by atoms with van der Waals surface area (Å²) in [5.41, 5.74) is 24.5. The molecule has 0 saturated heterocycles. The molecule has 38 nitrogen and oxygen atoms in total. The van der Waals surface area contributed by atoms with E-state index in [1.54, 1.807) is 65.2 Å². The molecule has 23 N–H and O–H groups in total. The van der Waals surface area contributed by atoms with Gasteiger partial charge in [-0.3, -0.25) is 71.9 Å². The molecule has 0 aliphatic rings. The number of aromatic nitrogens is 1. The van der Waals surface area contributed by atoms with E-state index in [2.05, 4.69) is 106 Å². The third kappa shape index (κ3) is 44.4. The van der Waals surface area contributed by atoms with E-state index in [1.807, 2.05) is 31.4 Å². The summed E-state index contributed by atoms with van der Waals surface area (Å²) >= 11 is 0. The molecule has 13 unspecified atom stereocenters. The number of amides is 13. The van der Waals surface area contributed by atoms with E-state index in [9.17, 15) is 97.1 Å². The number of esters is 1. The Hall–Kier alpha value is -9.96. The summed E-state index contributed by atoms with van der Waals surface area (Å²) in [6.45, 7) is 21.2. The molecule has 0 bridgehead atoms. The summed E-state index contributed by atoms with van der Waals surface area (Å²) in [6, 6.07) is 1.21. The fourth-order valence-electron chi connectivity index (χ4n) is 11.6. The number of benzene rings is 2. The van der Waals surface area contributed by atoms with Crippen LogP contribution in [0.3, 0.4) is 0 Å². The number of aliphatic carboxylic acids is 1. The highest BCUT2D eigenvalue weighted by atomic mass is 35.5. The average molecular weight is 1760 g/mol. The number of Topliss-reactive ketones (excluding diaryl/α,β-unsaturated/α-hetero) is 1. The lowest BCUT2D eigenvalue weighted by Crippen LogP contribution is -2.63. The number of primary amides is 2. The minimum atomic E-state index is -2.44. The van der Waals surface area contributed by atoms with Crippen LogP contribution in [0.5, 0.6) is 0 Å². The molecule has 1 aromatic heterocycles. The molecule has 1 heterocycles. The molecule has 3 rings (SSSR count). The molecule has 0 aliphatic heterocycles. The van der Waals surface area contributed by atoms with Gasteiger partial charge in [0.25, 0.3) is 0 Å². The van der Waals surface area contributed by atoms with Crippen LogP contribution < -0.4 is 76.1 Å². The number of halogens is 2. The number of H-pyrrole nitrogens is 1. The number of unbranched alkanes of at least 4 members (excludes halogenated alkanes) is 1. The number of likely N-dealkylation sites (N-methyl/N-ethyl adjacent to an activating group) is 3. The predicted molar refractivity (Wildman–Crippen MR) is 460 cm³/mol. The van der Waals surface area contributed by atoms with E-state index < -0.39 is 188 Å². The van der Waals surface area contributed by atoms with Crippen LogP contribution in [0.4, 0.5) is 0 Å². The first-order valence-electron chi connectivity index (χ1n) is 40.2. The number of nitrogens with one attached hydrogen (secondary N) is 11. The number of hydrogen-bond donors (Lipinski definition) is 19. The maximum atomic E-state index is 14.4. The number of ether oxygens (including phenoxy) is 1. The third-order valence-corrected chi connectivity index (χ3v) is 18.8. The summed E-state index contributed by atoms with van der Waals surface area (Å²) in [4.78, 5) is 211. The second-order valence-corrected chi connectivity index (χ2v) is 30.0. The van der Waals surface area contributed by atoms with Gasteiger partial charge in [0.15, 0.2) is 11.9 Å². The van der Waals surface area contributed by atoms with Crippen LogP contribution >= 0.6 is 24.8 Å². The molecular formula is C81H137Cl2N17O21. The topological polar surface area (TPSA) is 610 Å². The Morgan fingerprint density at radius 3 is 1.56 bits per heavy atom. The van der Waals surface area contributed by atoms with Gasteiger partial charge in [-0.05, 0) is 134 Å². The Kier molecular flexibility index (Phi) is 59.2. The maximum Gasteiger partial charge on any atom is 0.329 e. The Balaban J connectivity index is -0.00000267. The number of carboxylic acids is 1. The van der Waals surface area contributed by atoms with Crippen molar-refractivity contribution in [2.24, 2.45) is 40.7 Å². The van der Waals surface area contributed by atoms with E-state index in [1.165, 1.54) is 55.1 Å². The van der Waals surface area contributed by atoms with Gasteiger partial charge in [-0.2, -0.15) is 0 Å². The van der Waals surface area contributed by atoms with E-state index in [0.29, 0.717) is 11.5 Å². The number of ketones is 1. The highest BCUT2D eigenvalue weighted by Gasteiger charge is 2.40. The number of carbonyl (C=O) groups is 16. The van der Waals surface area contributed by atoms with Crippen molar-refractivity contribution in [1.29, 1.82) is 0 Å². The van der Waals surface area contributed by atoms with Crippen LogP contribution in [-0.4, -0.2) is 262 Å². The molecule has 686 valence electrons. The van der Waals surface area contributed by atoms with E-state index in [4.69, 9.17) is 27.7 Å². The number of aliphatic hydroxyl groups excluding tert-OH is 3. The highest BCUT2D eigenvalue weighted by Crippen LogP contribution is 2.21. The molecule has 0 spiro atoms. The van der Waals surface area contributed by atoms with E-state index in [0.717, 1.165) is 50.5 Å². The molecule has 121 heavy (non-hydrogen) atoms. The van der Waals surface area contributed by atoms with Gasteiger partial charge in [0.2, 0.25) is 76.8 Å². The van der Waals surface area contributed by atoms with Crippen molar-refractivity contribution in [3.63, 3.8) is 0 Å². The number of hydrogen-bond acceptors (Lipinski definition) is 23. The van der Waals surface area contributed by atoms with Crippen LogP contribution in [0.2, 0.25) is 0 Å². The lowest BCUT2D eigenvalue weighted by atomic mass is 9.99. The van der Waals surface area contributed by atoms with Crippen molar-refractivity contribution in [2.75, 3.05) is 54.0 Å². The number of nitrogens with two attached hydrogens (primary N) is 4. The van der Waals surface area contributed by atoms with Gasteiger partial charge in [-0.1, -0.05) is 124 Å². The Labute approximate surface area is 721 Å². The first kappa shape index (κ1) is 115. The van der Waals surface area contributed by atoms with Gasteiger partial charge in [0.1, 0.15) is 60.5 Å². The zero-order valence-corrected chi connectivity index (χ0v) is 74.3. The van der Waals surface area contributed by atoms with Crippen LogP contribution in [0.15, 0.2) is 60.8 Å². The second kappa shape index (κ2) is 62.2. The zero-order valence-electron chi connectivity index (χ0n) is 72.7. The summed E-state index contributed by atoms with van der Waals surface area (Å²) in [6.07, 6.45) is 4.68. The number of nitrogens with zero attached hydrogens (tertiary/aromatic N) is 2. The Bertz CT molecular complexity index is 3730. The highest BCUT2D eigenvalue weighted by molar-refractivity contribution is 6.01. The first-order valence-corrected chi connectivity index (χ1v) is 40.2. The summed E-state index contributed by atoms with van der Waals surface area (Å²) in [5, 5.41) is 63.9. The van der Waals surface area contributed by atoms with Crippen LogP contribution in [0, 0.1) is 17.8 Å². The number of para-hydroxylation sites is 1. The number of carboxylic acid groups (broad SMARTS) is 1. The fourth-order valence-corrected chi connectivity index (χ4v) is 11.6. The van der Waals surface area contributed by atoms with Crippen molar-refractivity contribution in [3.05, 3.63) is 71.9 Å². The SMILES string of the molecule is CC(=O)NC(CO)C(=O)NC(C(=O)NC(CO)C(=O)NCC(=O)N(C)C(Cc1ccccc1)C(=O)NC(CC(C)C)C(=O)NC(CCCN)C(=O)NC(CCC(=O)O)C(=O)NC(CC(N)=O)C(=O)NC(C)C(C)=O)C(O)C(N)=O.CCC(CCCC(C)C)OC(=O)C(C(C)C)N(C)C(=O)C(C)NC.CCCCN.CCc1c[nH]c2ccccc12.Cl.Cl. The molecule has 0 aliphatic carbocycles. The summed E-state index contributed by atoms with van der Waals surface area (Å²) < 4.78 is 5.74. The molecule has 0 radical (unpaired) electrons. The van der Waals surface area contributed by atoms with Crippen LogP contribution in [0.1, 0.15) is 178 Å². The van der Waals surface area contributed by atoms with Gasteiger partial charge in [0.05, 0.1) is 38.3 Å². The second-order valence-electron chi connectivity index (χ2n) is 30.0. The standard InChI is InChI=1S/C48H75N13O18.C19H38N2O3.C10H11N.C4H11N.2ClH/c1-23(2)17-30(45(76)55-28(13-10-16-49)42(73)56-29(14-15-37(68)69)43(74)57-31(19-35(50)66)44(75)53-24(3)25(4)64)58-47(78)34(18-27-11-8-7-9-12-27)61(6)36(67)20-52-41(72)32(21-62)59-48(79)38(39(70)40(51)71)60-46(77)33(22-63)54-26(5)65;1-9-16(12-10-11-13(2)3)24-19(23)17(14(4)5)21(8)18(22)15(6)20-7;1-2-8-7-11-10-6-4-3-5-9(8)10;1-2-3-4-5;;/h7-9,11-12,23-24,28-34,38-39,62-63,70H,10,13-22,49H2,1-6H3,(H2,50,66)(H2,51,71)(H,52,72)(H,53,75)(H,54,65)(H,55,76)(H,56,73)(H,57,74)(H,58,78)(H,59,79)(H,60,77)(H,68,69);13-17,20H,9-12H2,1-8H3;3-7,11H,2H2,1H3;2-5H2,1H3;2*1H. The molecule has 2 aromatic carbocycles. The predicted octanol–water partition coefficient (Wildman–Crippen LogP) is -0.420. The number of aromatic amines is 1. The lowest BCUT2D eigenvalue weighted by molar-refractivity contribution is -0.161. The van der Waals surface area contributed by atoms with Crippen LogP contribution in [-0.2, 0) is 94.3 Å². The van der Waals surface area contributed by atoms with Crippen molar-refractivity contribution < 1.29 is 102 Å². The third-order valence-electron chi connectivity index (χ3n) is 18.8. The van der Waals surface area contributed by atoms with Crippen molar-refractivity contribution in [2.45, 2.75) is 259 Å². The Morgan fingerprint density at radius 2 is 1.08 bits per heavy atom. The minimum Gasteiger partial charge on any atom is -0.481 e. The molecule has 40 heteroatoms. The number of rotatable bonds is 50. The van der Waals surface area contributed by atoms with Crippen molar-refractivity contribution >= 4 is 130 Å². The molecule has 13 atom stereocenters. The first-order chi connectivity index (χ1) is 55.9. The fraction of sp³-hybridized carbons (Fsp3) is 0.630. The van der Waals surface area contributed by atoms with Crippen molar-refractivity contribution in [3.8, 4) is 0 Å². The quantitative estimate of drug-likeness (QED) is 0.0319. The summed E-state index contributed by atoms with van der Waals surface area (Å²) in [5.74, 6) is -15.1. The lowest BCUT2D eigenvalue weighted by Gasteiger charge is -2.32. The van der Waals surface area contributed by atoms with E-state index in [-0.39, 0.29) is 92.9 Å². The molecular weight excluding hydrogens is 1620 g/mol. The van der Waals surface area contributed by atoms with E-state index >= 15 is 0 Å². The Morgan fingerprint density at radius 1 is 0.562 bits per heavy atom. The van der Waals surface area contributed by atoms with Gasteiger partial charge in [-0.25, -0.2) is 4.79 Å². The van der Waals surface area contributed by atoms with Gasteiger partial charge in [0, 0.05) is 51.0 Å². The molecule has 3 aromatic rings. The largest absolute Gasteiger partial charge is 0.481 e. The number of aryl methyl sites for hydroxylation is 1. The number of carbonyl (C=O) groups excluding carboxylic acids is 15. The van der Waals surface area contributed by atoms with Gasteiger partial charge < -0.3 is 116 Å². The average Bonchev–Trinajstić information content (AvgIpc) is 1.69. The molecule has 13 amide bonds. The van der Waals surface area contributed by atoms with Crippen LogP contribution in [0.25, 0.3) is 10.9 Å². The molecule has 0 saturated carbocycles. The zero-order chi connectivity index (χ0) is 90.9. The van der Waals surface area contributed by atoms with Gasteiger partial charge >= 0.3 is 11.9 Å². The molecule has 0 fully saturated rings. The van der Waals surface area contributed by atoms with Crippen molar-refractivity contribution in [1.82, 2.24) is 68.0 Å². The number of fused-ring (bicyclic) bond motifs is 1.